The molecule has 0 atom stereocenters. The van der Waals surface area contributed by atoms with Gasteiger partial charge in [0.1, 0.15) is 11.5 Å². The van der Waals surface area contributed by atoms with Gasteiger partial charge in [0.15, 0.2) is 0 Å². The fraction of sp³-hybridized carbons (Fsp3) is 0.125. The first kappa shape index (κ1) is 16.0. The molecule has 0 aliphatic carbocycles. The summed E-state index contributed by atoms with van der Waals surface area (Å²) in [6, 6.07) is 11.1. The summed E-state index contributed by atoms with van der Waals surface area (Å²) in [6.07, 6.45) is 0. The van der Waals surface area contributed by atoms with Crippen molar-refractivity contribution in [2.75, 3.05) is 14.2 Å². The van der Waals surface area contributed by atoms with Gasteiger partial charge in [0.05, 0.1) is 29.8 Å². The van der Waals surface area contributed by atoms with E-state index in [4.69, 9.17) is 9.47 Å². The Morgan fingerprint density at radius 2 is 1.68 bits per heavy atom. The molecule has 0 amide bonds. The van der Waals surface area contributed by atoms with Gasteiger partial charge in [-0.2, -0.15) is 0 Å². The Morgan fingerprint density at radius 3 is 2.32 bits per heavy atom. The highest BCUT2D eigenvalue weighted by atomic mass is 79.9. The van der Waals surface area contributed by atoms with E-state index in [1.165, 1.54) is 20.3 Å². The Balaban J connectivity index is 2.18. The number of hydrogen-bond acceptors (Lipinski definition) is 5. The Hall–Kier alpha value is -2.34. The van der Waals surface area contributed by atoms with E-state index < -0.39 is 11.9 Å². The molecule has 0 saturated carbocycles. The van der Waals surface area contributed by atoms with Gasteiger partial charge >= 0.3 is 11.9 Å². The molecule has 0 aliphatic rings. The van der Waals surface area contributed by atoms with Crippen LogP contribution < -0.4 is 9.47 Å². The van der Waals surface area contributed by atoms with E-state index in [0.29, 0.717) is 21.3 Å². The molecule has 0 N–H and O–H groups in total. The number of benzene rings is 2. The number of halogens is 1. The summed E-state index contributed by atoms with van der Waals surface area (Å²) in [6.45, 7) is 0. The number of methoxy groups -OCH3 is 2. The highest BCUT2D eigenvalue weighted by Crippen LogP contribution is 2.26. The summed E-state index contributed by atoms with van der Waals surface area (Å²) in [5.74, 6) is -0.153. The van der Waals surface area contributed by atoms with Gasteiger partial charge in [0, 0.05) is 0 Å². The van der Waals surface area contributed by atoms with E-state index >= 15 is 0 Å². The Labute approximate surface area is 135 Å². The fourth-order valence-electron chi connectivity index (χ4n) is 1.76. The lowest BCUT2D eigenvalue weighted by molar-refractivity contribution is 0.0597. The van der Waals surface area contributed by atoms with E-state index in [1.807, 2.05) is 0 Å². The lowest BCUT2D eigenvalue weighted by Gasteiger charge is -2.08. The van der Waals surface area contributed by atoms with Gasteiger partial charge in [-0.25, -0.2) is 9.59 Å². The molecule has 0 fully saturated rings. The minimum absolute atomic E-state index is 0.264. The quantitative estimate of drug-likeness (QED) is 0.613. The maximum atomic E-state index is 12.1. The molecule has 0 radical (unpaired) electrons. The maximum absolute atomic E-state index is 12.1. The van der Waals surface area contributed by atoms with Crippen LogP contribution in [-0.2, 0) is 4.74 Å². The van der Waals surface area contributed by atoms with Crippen LogP contribution in [0.4, 0.5) is 0 Å². The number of esters is 2. The molecule has 2 aromatic carbocycles. The Morgan fingerprint density at radius 1 is 0.955 bits per heavy atom. The highest BCUT2D eigenvalue weighted by Gasteiger charge is 2.13. The van der Waals surface area contributed by atoms with E-state index in [0.717, 1.165) is 0 Å². The van der Waals surface area contributed by atoms with E-state index in [1.54, 1.807) is 36.4 Å². The summed E-state index contributed by atoms with van der Waals surface area (Å²) >= 11 is 3.31. The topological polar surface area (TPSA) is 61.8 Å². The maximum Gasteiger partial charge on any atom is 0.343 e. The molecule has 6 heteroatoms. The van der Waals surface area contributed by atoms with E-state index in [9.17, 15) is 9.59 Å². The molecule has 0 aliphatic heterocycles. The predicted molar refractivity (Wildman–Crippen MR) is 83.4 cm³/mol. The van der Waals surface area contributed by atoms with E-state index in [2.05, 4.69) is 20.7 Å². The molecule has 0 unspecified atom stereocenters. The molecular formula is C16H13BrO5. The number of ether oxygens (including phenoxy) is 3. The van der Waals surface area contributed by atoms with Crippen LogP contribution >= 0.6 is 15.9 Å². The summed E-state index contributed by atoms with van der Waals surface area (Å²) in [7, 11) is 2.83. The first-order valence-electron chi connectivity index (χ1n) is 6.29. The van der Waals surface area contributed by atoms with Crippen LogP contribution in [0, 0.1) is 0 Å². The zero-order valence-corrected chi connectivity index (χ0v) is 13.5. The Bertz CT molecular complexity index is 711. The molecule has 22 heavy (non-hydrogen) atoms. The van der Waals surface area contributed by atoms with Crippen LogP contribution in [0.1, 0.15) is 20.7 Å². The summed E-state index contributed by atoms with van der Waals surface area (Å²) in [5, 5.41) is 0. The predicted octanol–water partition coefficient (Wildman–Crippen LogP) is 3.46. The molecule has 2 aromatic rings. The van der Waals surface area contributed by atoms with Gasteiger partial charge in [-0.3, -0.25) is 0 Å². The average Bonchev–Trinajstić information content (AvgIpc) is 2.54. The first-order valence-corrected chi connectivity index (χ1v) is 7.08. The van der Waals surface area contributed by atoms with Crippen LogP contribution in [0.25, 0.3) is 0 Å². The van der Waals surface area contributed by atoms with Gasteiger partial charge in [0.25, 0.3) is 0 Å². The van der Waals surface area contributed by atoms with Gasteiger partial charge < -0.3 is 14.2 Å². The van der Waals surface area contributed by atoms with Crippen LogP contribution in [0.2, 0.25) is 0 Å². The molecule has 0 bridgehead atoms. The molecule has 0 aromatic heterocycles. The van der Waals surface area contributed by atoms with Crippen molar-refractivity contribution in [3.05, 3.63) is 58.1 Å². The second kappa shape index (κ2) is 7.09. The molecule has 2 rings (SSSR count). The van der Waals surface area contributed by atoms with Crippen molar-refractivity contribution in [3.63, 3.8) is 0 Å². The zero-order chi connectivity index (χ0) is 16.1. The summed E-state index contributed by atoms with van der Waals surface area (Å²) in [4.78, 5) is 23.6. The largest absolute Gasteiger partial charge is 0.496 e. The lowest BCUT2D eigenvalue weighted by Crippen LogP contribution is -2.09. The van der Waals surface area contributed by atoms with Crippen molar-refractivity contribution >= 4 is 27.9 Å². The fourth-order valence-corrected chi connectivity index (χ4v) is 2.30. The van der Waals surface area contributed by atoms with Crippen molar-refractivity contribution in [3.8, 4) is 11.5 Å². The van der Waals surface area contributed by atoms with Crippen molar-refractivity contribution < 1.29 is 23.8 Å². The second-order valence-corrected chi connectivity index (χ2v) is 5.11. The van der Waals surface area contributed by atoms with Gasteiger partial charge in [-0.15, -0.1) is 0 Å². The SMILES string of the molecule is COC(=O)c1cccc(OC(=O)c2ccc(OC)c(Br)c2)c1. The number of hydrogen-bond donors (Lipinski definition) is 0. The smallest absolute Gasteiger partial charge is 0.343 e. The van der Waals surface area contributed by atoms with Crippen molar-refractivity contribution in [2.45, 2.75) is 0 Å². The number of carbonyl (C=O) groups excluding carboxylic acids is 2. The standard InChI is InChI=1S/C16H13BrO5/c1-20-14-7-6-11(9-13(14)17)16(19)22-12-5-3-4-10(8-12)15(18)21-2/h3-9H,1-2H3. The monoisotopic (exact) mass is 364 g/mol. The van der Waals surface area contributed by atoms with Gasteiger partial charge in [-0.05, 0) is 52.3 Å². The number of carbonyl (C=O) groups is 2. The minimum atomic E-state index is -0.537. The third kappa shape index (κ3) is 3.65. The van der Waals surface area contributed by atoms with Gasteiger partial charge in [0.2, 0.25) is 0 Å². The van der Waals surface area contributed by atoms with Crippen molar-refractivity contribution in [1.29, 1.82) is 0 Å². The molecule has 0 spiro atoms. The normalized spacial score (nSPS) is 9.95. The third-order valence-corrected chi connectivity index (χ3v) is 3.47. The second-order valence-electron chi connectivity index (χ2n) is 4.26. The van der Waals surface area contributed by atoms with Crippen LogP contribution in [0.3, 0.4) is 0 Å². The molecule has 0 saturated heterocycles. The van der Waals surface area contributed by atoms with Crippen molar-refractivity contribution in [1.82, 2.24) is 0 Å². The molecule has 114 valence electrons. The average molecular weight is 365 g/mol. The summed E-state index contributed by atoms with van der Waals surface area (Å²) in [5.41, 5.74) is 0.667. The minimum Gasteiger partial charge on any atom is -0.496 e. The lowest BCUT2D eigenvalue weighted by atomic mass is 10.2. The third-order valence-electron chi connectivity index (χ3n) is 2.85. The molecule has 0 heterocycles. The Kier molecular flexibility index (Phi) is 5.16. The number of rotatable bonds is 4. The summed E-state index contributed by atoms with van der Waals surface area (Å²) < 4.78 is 15.6. The molecule has 5 nitrogen and oxygen atoms in total. The van der Waals surface area contributed by atoms with Crippen LogP contribution in [-0.4, -0.2) is 26.2 Å². The highest BCUT2D eigenvalue weighted by molar-refractivity contribution is 9.10. The van der Waals surface area contributed by atoms with Crippen LogP contribution in [0.5, 0.6) is 11.5 Å². The first-order chi connectivity index (χ1) is 10.5. The van der Waals surface area contributed by atoms with Gasteiger partial charge in [-0.1, -0.05) is 6.07 Å². The molecular weight excluding hydrogens is 352 g/mol. The van der Waals surface area contributed by atoms with E-state index in [-0.39, 0.29) is 5.75 Å². The zero-order valence-electron chi connectivity index (χ0n) is 12.0. The van der Waals surface area contributed by atoms with Crippen molar-refractivity contribution in [2.24, 2.45) is 0 Å². The van der Waals surface area contributed by atoms with Crippen LogP contribution in [0.15, 0.2) is 46.9 Å².